The monoisotopic (exact) mass is 315 g/mol. The van der Waals surface area contributed by atoms with Gasteiger partial charge in [-0.2, -0.15) is 0 Å². The summed E-state index contributed by atoms with van der Waals surface area (Å²) in [6.07, 6.45) is 1.73. The fraction of sp³-hybridized carbons (Fsp3) is 0.300. The summed E-state index contributed by atoms with van der Waals surface area (Å²) in [6.45, 7) is 1.86. The number of pyridine rings is 1. The molecule has 0 spiro atoms. The molecule has 0 bridgehead atoms. The van der Waals surface area contributed by atoms with Gasteiger partial charge in [0.15, 0.2) is 17.3 Å². The number of halogens is 1. The standard InChI is InChI=1S/C10H14N4S.ClH.Ni/c1-8(9-6-4-5-7-11-9)12-13-10(15)14(2)3;;/h4-7H,1-3H3,(H,11,13,15);1H;/q;;+1/p-1. The molecule has 0 amide bonds. The quantitative estimate of drug-likeness (QED) is 0.208. The van der Waals surface area contributed by atoms with Crippen molar-refractivity contribution in [3.8, 4) is 0 Å². The first-order chi connectivity index (χ1) is 8.11. The van der Waals surface area contributed by atoms with Gasteiger partial charge < -0.3 is 10.5 Å². The van der Waals surface area contributed by atoms with Crippen molar-refractivity contribution in [2.45, 2.75) is 6.92 Å². The van der Waals surface area contributed by atoms with E-state index in [0.717, 1.165) is 11.4 Å². The third kappa shape index (κ3) is 6.69. The van der Waals surface area contributed by atoms with Gasteiger partial charge >= 0.3 is 24.8 Å². The molecule has 1 rings (SSSR count). The molecule has 0 aliphatic rings. The number of hydrogen-bond acceptors (Lipinski definition) is 2. The van der Waals surface area contributed by atoms with Crippen LogP contribution in [0.4, 0.5) is 0 Å². The minimum absolute atomic E-state index is 0.560. The van der Waals surface area contributed by atoms with E-state index in [4.69, 9.17) is 0 Å². The molecule has 0 N–H and O–H groups in total. The van der Waals surface area contributed by atoms with Gasteiger partial charge in [-0.05, 0) is 33.2 Å². The Kier molecular flexibility index (Phi) is 9.18. The molecule has 1 aromatic rings. The molecule has 0 radical (unpaired) electrons. The number of rotatable bonds is 2. The molecule has 0 aliphatic heterocycles. The van der Waals surface area contributed by atoms with E-state index in [1.807, 2.05) is 39.2 Å². The van der Waals surface area contributed by atoms with E-state index in [1.165, 1.54) is 0 Å². The molecule has 0 saturated heterocycles. The Hall–Kier alpha value is -0.546. The van der Waals surface area contributed by atoms with E-state index in [0.29, 0.717) is 5.11 Å². The predicted octanol–water partition coefficient (Wildman–Crippen LogP) is 1.79. The van der Waals surface area contributed by atoms with E-state index >= 15 is 0 Å². The zero-order valence-corrected chi connectivity index (χ0v) is 12.4. The summed E-state index contributed by atoms with van der Waals surface area (Å²) >= 11 is 7.51. The Morgan fingerprint density at radius 2 is 2.12 bits per heavy atom. The maximum atomic E-state index is 4.26. The fourth-order valence-corrected chi connectivity index (χ4v) is 0.882. The van der Waals surface area contributed by atoms with Crippen LogP contribution in [0.3, 0.4) is 0 Å². The van der Waals surface area contributed by atoms with Crippen LogP contribution < -0.4 is 0 Å². The van der Waals surface area contributed by atoms with Crippen LogP contribution in [0.25, 0.3) is 5.43 Å². The number of aromatic nitrogens is 1. The van der Waals surface area contributed by atoms with Gasteiger partial charge in [-0.3, -0.25) is 9.88 Å². The average molecular weight is 316 g/mol. The Balaban J connectivity index is 0.00000121. The van der Waals surface area contributed by atoms with Crippen molar-refractivity contribution < 1.29 is 14.6 Å². The molecule has 97 valence electrons. The number of nitrogens with zero attached hydrogens (tertiary/aromatic N) is 4. The van der Waals surface area contributed by atoms with E-state index < -0.39 is 0 Å². The zero-order valence-electron chi connectivity index (χ0n) is 9.74. The second-order valence-electron chi connectivity index (χ2n) is 3.19. The summed E-state index contributed by atoms with van der Waals surface area (Å²) in [5.74, 6) is 0. The van der Waals surface area contributed by atoms with Crippen molar-refractivity contribution in [2.75, 3.05) is 14.1 Å². The Morgan fingerprint density at radius 3 is 2.59 bits per heavy atom. The molecule has 4 nitrogen and oxygen atoms in total. The normalized spacial score (nSPS) is 10.6. The second kappa shape index (κ2) is 9.48. The molecule has 0 aromatic carbocycles. The number of thiol groups is 1. The van der Waals surface area contributed by atoms with Crippen LogP contribution in [-0.4, -0.2) is 34.8 Å². The first kappa shape index (κ1) is 16.5. The second-order valence-corrected chi connectivity index (χ2v) is 3.59. The van der Waals surface area contributed by atoms with Crippen molar-refractivity contribution in [2.24, 2.45) is 5.10 Å². The Labute approximate surface area is 119 Å². The van der Waals surface area contributed by atoms with Crippen molar-refractivity contribution in [3.63, 3.8) is 0 Å². The summed E-state index contributed by atoms with van der Waals surface area (Å²) < 4.78 is 0. The number of hydrogen-bond donors (Lipinski definition) is 0. The van der Waals surface area contributed by atoms with Crippen molar-refractivity contribution in [1.82, 2.24) is 9.88 Å². The topological polar surface area (TPSA) is 42.6 Å². The molecule has 0 unspecified atom stereocenters. The van der Waals surface area contributed by atoms with Gasteiger partial charge in [0, 0.05) is 11.9 Å². The van der Waals surface area contributed by atoms with E-state index in [1.54, 1.807) is 11.1 Å². The Bertz CT molecular complexity index is 370. The molecule has 0 saturated carbocycles. The molecule has 1 aromatic heterocycles. The van der Waals surface area contributed by atoms with Gasteiger partial charge in [0.25, 0.3) is 0 Å². The maximum absolute atomic E-state index is 4.26. The third-order valence-corrected chi connectivity index (χ3v) is 2.21. The van der Waals surface area contributed by atoms with Gasteiger partial charge in [-0.15, -0.1) is 0 Å². The fourth-order valence-electron chi connectivity index (χ4n) is 0.837. The third-order valence-electron chi connectivity index (χ3n) is 1.73. The average Bonchev–Trinajstić information content (AvgIpc) is 2.38. The summed E-state index contributed by atoms with van der Waals surface area (Å²) in [5.41, 5.74) is 5.54. The zero-order chi connectivity index (χ0) is 13.3. The molecule has 17 heavy (non-hydrogen) atoms. The summed E-state index contributed by atoms with van der Waals surface area (Å²) in [5, 5.41) is 4.60. The van der Waals surface area contributed by atoms with Crippen LogP contribution in [0.2, 0.25) is 0 Å². The van der Waals surface area contributed by atoms with Crippen LogP contribution in [-0.2, 0) is 26.8 Å². The molecule has 1 heterocycles. The SMILES string of the molecule is CC(=N[N-]C(=[SH+])N(C)C)c1ccccn1.[Cl][Ni]. The van der Waals surface area contributed by atoms with Crippen LogP contribution in [0.15, 0.2) is 29.5 Å². The van der Waals surface area contributed by atoms with E-state index in [-0.39, 0.29) is 0 Å². The van der Waals surface area contributed by atoms with E-state index in [2.05, 4.69) is 52.5 Å². The molecule has 0 aliphatic carbocycles. The summed E-state index contributed by atoms with van der Waals surface area (Å²) in [7, 11) is 7.98. The summed E-state index contributed by atoms with van der Waals surface area (Å²) in [4.78, 5) is 5.94. The first-order valence-corrected chi connectivity index (χ1v) is 6.43. The van der Waals surface area contributed by atoms with Crippen molar-refractivity contribution in [3.05, 3.63) is 35.5 Å². The van der Waals surface area contributed by atoms with Gasteiger partial charge in [0.2, 0.25) is 0 Å². The van der Waals surface area contributed by atoms with Crippen LogP contribution in [0.5, 0.6) is 0 Å². The van der Waals surface area contributed by atoms with Crippen molar-refractivity contribution in [1.29, 1.82) is 0 Å². The van der Waals surface area contributed by atoms with Gasteiger partial charge in [-0.1, -0.05) is 6.07 Å². The van der Waals surface area contributed by atoms with E-state index in [9.17, 15) is 0 Å². The van der Waals surface area contributed by atoms with Gasteiger partial charge in [0.05, 0.1) is 5.69 Å². The molecular weight excluding hydrogens is 302 g/mol. The predicted molar refractivity (Wildman–Crippen MR) is 73.1 cm³/mol. The minimum atomic E-state index is 0.560. The van der Waals surface area contributed by atoms with Crippen LogP contribution in [0.1, 0.15) is 12.6 Å². The van der Waals surface area contributed by atoms with Gasteiger partial charge in [0.1, 0.15) is 0 Å². The molecule has 7 heteroatoms. The first-order valence-electron chi connectivity index (χ1n) is 4.63. The summed E-state index contributed by atoms with van der Waals surface area (Å²) in [6, 6.07) is 5.67. The Morgan fingerprint density at radius 1 is 1.47 bits per heavy atom. The van der Waals surface area contributed by atoms with Crippen LogP contribution >= 0.6 is 10.2 Å². The van der Waals surface area contributed by atoms with Crippen molar-refractivity contribution >= 4 is 33.2 Å². The van der Waals surface area contributed by atoms with Crippen LogP contribution in [0, 0.1) is 0 Å². The molecular formula is C10H14ClN4NiS. The van der Waals surface area contributed by atoms with Gasteiger partial charge in [-0.25, -0.2) is 0 Å². The molecule has 0 atom stereocenters. The molecule has 0 fully saturated rings.